The van der Waals surface area contributed by atoms with E-state index in [2.05, 4.69) is 13.6 Å². The molecule has 0 amide bonds. The summed E-state index contributed by atoms with van der Waals surface area (Å²) < 4.78 is 0. The van der Waals surface area contributed by atoms with Crippen LogP contribution in [0.4, 0.5) is 0 Å². The van der Waals surface area contributed by atoms with E-state index in [0.717, 1.165) is 0 Å². The maximum Gasteiger partial charge on any atom is 0.281 e. The molecule has 5 heavy (non-hydrogen) atoms. The molecule has 0 aromatic rings. The zero-order valence-corrected chi connectivity index (χ0v) is 3.88. The third-order valence-electron chi connectivity index (χ3n) is 0. The number of rotatable bonds is 0. The van der Waals surface area contributed by atoms with Gasteiger partial charge in [-0.15, -0.1) is 0 Å². The van der Waals surface area contributed by atoms with Crippen molar-refractivity contribution in [3.05, 3.63) is 0 Å². The van der Waals surface area contributed by atoms with Gasteiger partial charge in [0.2, 0.25) is 0 Å². The van der Waals surface area contributed by atoms with Crippen LogP contribution in [0, 0.1) is 0 Å². The van der Waals surface area contributed by atoms with Crippen molar-refractivity contribution in [2.75, 3.05) is 0 Å². The normalized spacial score (nSPS) is 1.60. The molecule has 3 heteroatoms. The number of hydrogen-bond acceptors (Lipinski definition) is 2. The van der Waals surface area contributed by atoms with Crippen LogP contribution in [0.15, 0.2) is 0 Å². The Morgan fingerprint density at radius 3 is 0.800 bits per heavy atom. The van der Waals surface area contributed by atoms with Crippen LogP contribution in [0.5, 0.6) is 0 Å². The molecule has 0 aliphatic carbocycles. The summed E-state index contributed by atoms with van der Waals surface area (Å²) in [6.45, 7) is 9.00. The molecule has 24 valence electrons. The van der Waals surface area contributed by atoms with Gasteiger partial charge in [0.15, 0.2) is 0 Å². The second-order valence-corrected chi connectivity index (χ2v) is 0. The van der Waals surface area contributed by atoms with E-state index in [9.17, 15) is 0 Å². The van der Waals surface area contributed by atoms with E-state index in [-0.39, 0.29) is 21.7 Å². The van der Waals surface area contributed by atoms with Gasteiger partial charge in [-0.05, 0) is 0 Å². The summed E-state index contributed by atoms with van der Waals surface area (Å²) >= 11 is 0. The first-order valence-electron chi connectivity index (χ1n) is 0.408. The van der Waals surface area contributed by atoms with Gasteiger partial charge in [0.1, 0.15) is 0 Å². The average molecular weight is 104 g/mol. The van der Waals surface area contributed by atoms with Crippen LogP contribution in [0.25, 0.3) is 0 Å². The third-order valence-corrected chi connectivity index (χ3v) is 0. The second-order valence-electron chi connectivity index (χ2n) is 0. The van der Waals surface area contributed by atoms with E-state index in [0.29, 0.717) is 0 Å². The van der Waals surface area contributed by atoms with E-state index in [4.69, 9.17) is 9.59 Å². The zero-order chi connectivity index (χ0) is 4.00. The maximum atomic E-state index is 7.50. The Labute approximate surface area is 45.4 Å². The van der Waals surface area contributed by atoms with Gasteiger partial charge in [0.05, 0.1) is 0 Å². The first-order valence-corrected chi connectivity index (χ1v) is 0.408. The van der Waals surface area contributed by atoms with Gasteiger partial charge in [-0.3, -0.25) is 9.59 Å². The number of carbonyl (C=O) groups excluding carboxylic acids is 2. The van der Waals surface area contributed by atoms with Gasteiger partial charge in [-0.2, -0.15) is 0 Å². The quantitative estimate of drug-likeness (QED) is 0.377. The number of hydrogen-bond donors (Lipinski definition) is 0. The Hall–Kier alpha value is 0.0543. The molecule has 0 rings (SSSR count). The average Bonchev–Trinajstić information content (AvgIpc) is 1.50. The van der Waals surface area contributed by atoms with Crippen LogP contribution in [0.3, 0.4) is 0 Å². The Kier molecular flexibility index (Phi) is 50500. The summed E-state index contributed by atoms with van der Waals surface area (Å²) in [5.41, 5.74) is 0. The SMILES string of the molecule is [C]=O.[C]=O.[Ti]. The van der Waals surface area contributed by atoms with E-state index in [1.54, 1.807) is 0 Å². The van der Waals surface area contributed by atoms with Crippen LogP contribution in [0.2, 0.25) is 0 Å². The first kappa shape index (κ1) is 19.7. The Balaban J connectivity index is -0.0000000133. The Morgan fingerprint density at radius 2 is 0.800 bits per heavy atom. The van der Waals surface area contributed by atoms with Crippen molar-refractivity contribution in [1.29, 1.82) is 0 Å². The molecule has 0 N–H and O–H groups in total. The van der Waals surface area contributed by atoms with Crippen molar-refractivity contribution in [2.45, 2.75) is 0 Å². The molecule has 0 aliphatic heterocycles. The summed E-state index contributed by atoms with van der Waals surface area (Å²) in [7, 11) is 0. The smallest absolute Gasteiger partial charge is 0.281 e. The van der Waals surface area contributed by atoms with Gasteiger partial charge in [-0.25, -0.2) is 0 Å². The van der Waals surface area contributed by atoms with Crippen LogP contribution in [-0.2, 0) is 31.3 Å². The molecule has 0 fully saturated rings. The topological polar surface area (TPSA) is 34.1 Å². The molecule has 0 saturated heterocycles. The van der Waals surface area contributed by atoms with Crippen molar-refractivity contribution >= 4 is 13.6 Å². The van der Waals surface area contributed by atoms with E-state index >= 15 is 0 Å². The molecular weight excluding hydrogens is 104 g/mol. The predicted molar refractivity (Wildman–Crippen MR) is 11.4 cm³/mol. The zero-order valence-electron chi connectivity index (χ0n) is 2.32. The van der Waals surface area contributed by atoms with Crippen molar-refractivity contribution in [3.8, 4) is 0 Å². The fourth-order valence-corrected chi connectivity index (χ4v) is 0. The molecule has 0 spiro atoms. The van der Waals surface area contributed by atoms with Gasteiger partial charge in [0.25, 0.3) is 13.6 Å². The summed E-state index contributed by atoms with van der Waals surface area (Å²) in [6, 6.07) is 0. The molecule has 0 atom stereocenters. The van der Waals surface area contributed by atoms with Crippen molar-refractivity contribution in [3.63, 3.8) is 0 Å². The molecule has 0 aromatic heterocycles. The molecule has 0 aliphatic rings. The second kappa shape index (κ2) is 12800. The Morgan fingerprint density at radius 1 is 0.800 bits per heavy atom. The van der Waals surface area contributed by atoms with Gasteiger partial charge in [0, 0.05) is 21.7 Å². The van der Waals surface area contributed by atoms with E-state index < -0.39 is 0 Å². The molecule has 0 bridgehead atoms. The standard InChI is InChI=1S/2CO.Ti/c2*1-2;. The van der Waals surface area contributed by atoms with Crippen molar-refractivity contribution in [1.82, 2.24) is 0 Å². The van der Waals surface area contributed by atoms with Gasteiger partial charge >= 0.3 is 0 Å². The van der Waals surface area contributed by atoms with Crippen LogP contribution < -0.4 is 0 Å². The summed E-state index contributed by atoms with van der Waals surface area (Å²) in [5.74, 6) is 0. The summed E-state index contributed by atoms with van der Waals surface area (Å²) in [6.07, 6.45) is 0. The van der Waals surface area contributed by atoms with E-state index in [1.807, 2.05) is 0 Å². The first-order chi connectivity index (χ1) is 2.00. The molecule has 0 heterocycles. The minimum Gasteiger partial charge on any atom is -0.281 e. The van der Waals surface area contributed by atoms with Gasteiger partial charge < -0.3 is 0 Å². The van der Waals surface area contributed by atoms with Crippen LogP contribution in [-0.4, -0.2) is 13.6 Å². The third kappa shape index (κ3) is 5810. The molecule has 4 radical (unpaired) electrons. The van der Waals surface area contributed by atoms with Crippen LogP contribution >= 0.6 is 0 Å². The minimum absolute atomic E-state index is 0. The molecular formula is C2O2Ti. The van der Waals surface area contributed by atoms with Gasteiger partial charge in [-0.1, -0.05) is 0 Å². The monoisotopic (exact) mass is 104 g/mol. The molecule has 2 nitrogen and oxygen atoms in total. The fraction of sp³-hybridized carbons (Fsp3) is 0. The largest absolute Gasteiger partial charge is 0.281 e. The molecule has 0 saturated carbocycles. The summed E-state index contributed by atoms with van der Waals surface area (Å²) in [5, 5.41) is 0. The van der Waals surface area contributed by atoms with Crippen molar-refractivity contribution < 1.29 is 31.3 Å². The fourth-order valence-electron chi connectivity index (χ4n) is 0. The van der Waals surface area contributed by atoms with Crippen LogP contribution in [0.1, 0.15) is 0 Å². The molecule has 0 aromatic carbocycles. The van der Waals surface area contributed by atoms with E-state index in [1.165, 1.54) is 0 Å². The molecule has 0 unspecified atom stereocenters. The minimum atomic E-state index is 0. The predicted octanol–water partition coefficient (Wildman–Crippen LogP) is -0.797. The maximum absolute atomic E-state index is 7.50. The van der Waals surface area contributed by atoms with Crippen molar-refractivity contribution in [2.24, 2.45) is 0 Å². The summed E-state index contributed by atoms with van der Waals surface area (Å²) in [4.78, 5) is 15.0. The Bertz CT molecular complexity index is 9.61.